The number of hydrogen-bond acceptors (Lipinski definition) is 4. The number of aromatic nitrogens is 1. The Hall–Kier alpha value is -2.39. The molecule has 6 nitrogen and oxygen atoms in total. The molecule has 2 amide bonds. The molecule has 0 aromatic carbocycles. The van der Waals surface area contributed by atoms with Gasteiger partial charge in [-0.05, 0) is 12.1 Å². The van der Waals surface area contributed by atoms with Crippen LogP contribution >= 0.6 is 0 Å². The molecule has 0 saturated carbocycles. The van der Waals surface area contributed by atoms with Crippen LogP contribution in [0.4, 0.5) is 0 Å². The van der Waals surface area contributed by atoms with E-state index in [-0.39, 0.29) is 37.1 Å². The lowest BCUT2D eigenvalue weighted by molar-refractivity contribution is -0.128. The highest BCUT2D eigenvalue weighted by molar-refractivity contribution is 5.94. The second-order valence-corrected chi connectivity index (χ2v) is 4.15. The summed E-state index contributed by atoms with van der Waals surface area (Å²) in [6.07, 6.45) is 1.72. The van der Waals surface area contributed by atoms with Gasteiger partial charge in [0.05, 0.1) is 5.56 Å². The minimum absolute atomic E-state index is 0.0633. The summed E-state index contributed by atoms with van der Waals surface area (Å²) in [4.78, 5) is 28.8. The zero-order chi connectivity index (χ0) is 15.0. The zero-order valence-corrected chi connectivity index (χ0v) is 11.5. The maximum Gasteiger partial charge on any atom is 0.271 e. The maximum absolute atomic E-state index is 12.0. The third-order valence-corrected chi connectivity index (χ3v) is 2.45. The van der Waals surface area contributed by atoms with Crippen LogP contribution < -0.4 is 5.32 Å². The Bertz CT molecular complexity index is 544. The van der Waals surface area contributed by atoms with Crippen molar-refractivity contribution in [2.45, 2.75) is 6.42 Å². The van der Waals surface area contributed by atoms with E-state index in [1.54, 1.807) is 26.2 Å². The molecular weight excluding hydrogens is 258 g/mol. The molecule has 1 aromatic heterocycles. The molecule has 20 heavy (non-hydrogen) atoms. The van der Waals surface area contributed by atoms with Crippen LogP contribution in [0.1, 0.15) is 22.5 Å². The summed E-state index contributed by atoms with van der Waals surface area (Å²) in [5, 5.41) is 11.3. The number of aliphatic hydroxyl groups excluding tert-OH is 1. The molecule has 0 aliphatic heterocycles. The number of rotatable bonds is 4. The van der Waals surface area contributed by atoms with E-state index in [0.717, 1.165) is 0 Å². The number of hydrogen-bond donors (Lipinski definition) is 2. The quantitative estimate of drug-likeness (QED) is 0.735. The van der Waals surface area contributed by atoms with Gasteiger partial charge >= 0.3 is 0 Å². The standard InChI is InChI=1S/C14H17N3O3/c1-17(2)12(19)7-9-16-14(20)13-11(6-4-10-18)5-3-8-15-13/h3,5,8,18H,7,9-10H2,1-2H3,(H,16,20). The molecule has 1 rings (SSSR count). The average Bonchev–Trinajstić information content (AvgIpc) is 2.45. The number of nitrogens with zero attached hydrogens (tertiary/aromatic N) is 2. The van der Waals surface area contributed by atoms with Gasteiger partial charge in [0, 0.05) is 33.3 Å². The normalized spacial score (nSPS) is 9.35. The molecule has 0 fully saturated rings. The van der Waals surface area contributed by atoms with Crippen molar-refractivity contribution in [3.63, 3.8) is 0 Å². The minimum Gasteiger partial charge on any atom is -0.384 e. The lowest BCUT2D eigenvalue weighted by Crippen LogP contribution is -2.31. The Balaban J connectivity index is 2.66. The number of nitrogens with one attached hydrogen (secondary N) is 1. The van der Waals surface area contributed by atoms with E-state index in [1.807, 2.05) is 0 Å². The highest BCUT2D eigenvalue weighted by Gasteiger charge is 2.12. The van der Waals surface area contributed by atoms with Crippen molar-refractivity contribution in [2.24, 2.45) is 0 Å². The Labute approximate surface area is 117 Å². The van der Waals surface area contributed by atoms with Crippen LogP contribution in [0, 0.1) is 11.8 Å². The van der Waals surface area contributed by atoms with E-state index in [0.29, 0.717) is 5.56 Å². The van der Waals surface area contributed by atoms with E-state index in [9.17, 15) is 9.59 Å². The van der Waals surface area contributed by atoms with E-state index in [1.165, 1.54) is 11.1 Å². The Morgan fingerprint density at radius 2 is 2.20 bits per heavy atom. The van der Waals surface area contributed by atoms with Crippen molar-refractivity contribution in [3.8, 4) is 11.8 Å². The summed E-state index contributed by atoms with van der Waals surface area (Å²) in [6, 6.07) is 3.31. The topological polar surface area (TPSA) is 82.5 Å². The van der Waals surface area contributed by atoms with E-state index >= 15 is 0 Å². The summed E-state index contributed by atoms with van der Waals surface area (Å²) in [5.74, 6) is 4.68. The van der Waals surface area contributed by atoms with Crippen LogP contribution in [0.15, 0.2) is 18.3 Å². The third-order valence-electron chi connectivity index (χ3n) is 2.45. The predicted molar refractivity (Wildman–Crippen MR) is 73.8 cm³/mol. The molecule has 0 bridgehead atoms. The Morgan fingerprint density at radius 1 is 1.45 bits per heavy atom. The average molecular weight is 275 g/mol. The molecule has 0 aliphatic carbocycles. The molecule has 0 atom stereocenters. The molecule has 1 aromatic rings. The van der Waals surface area contributed by atoms with Crippen LogP contribution in [-0.2, 0) is 4.79 Å². The van der Waals surface area contributed by atoms with Crippen molar-refractivity contribution < 1.29 is 14.7 Å². The number of pyridine rings is 1. The van der Waals surface area contributed by atoms with Gasteiger partial charge < -0.3 is 15.3 Å². The van der Waals surface area contributed by atoms with E-state index in [4.69, 9.17) is 5.11 Å². The molecule has 0 aliphatic rings. The van der Waals surface area contributed by atoms with Crippen molar-refractivity contribution in [3.05, 3.63) is 29.6 Å². The second-order valence-electron chi connectivity index (χ2n) is 4.15. The highest BCUT2D eigenvalue weighted by Crippen LogP contribution is 2.03. The van der Waals surface area contributed by atoms with Gasteiger partial charge in [0.1, 0.15) is 12.3 Å². The molecule has 0 saturated heterocycles. The van der Waals surface area contributed by atoms with Crippen molar-refractivity contribution in [1.29, 1.82) is 0 Å². The number of aliphatic hydroxyl groups is 1. The number of amides is 2. The third kappa shape index (κ3) is 4.71. The molecule has 0 unspecified atom stereocenters. The fourth-order valence-electron chi connectivity index (χ4n) is 1.41. The smallest absolute Gasteiger partial charge is 0.271 e. The van der Waals surface area contributed by atoms with Gasteiger partial charge in [0.25, 0.3) is 5.91 Å². The van der Waals surface area contributed by atoms with Crippen LogP contribution in [0.25, 0.3) is 0 Å². The molecule has 0 spiro atoms. The van der Waals surface area contributed by atoms with Crippen molar-refractivity contribution in [1.82, 2.24) is 15.2 Å². The van der Waals surface area contributed by atoms with Gasteiger partial charge in [-0.15, -0.1) is 0 Å². The van der Waals surface area contributed by atoms with Crippen LogP contribution in [-0.4, -0.2) is 54.1 Å². The predicted octanol–water partition coefficient (Wildman–Crippen LogP) is -0.367. The number of carbonyl (C=O) groups is 2. The monoisotopic (exact) mass is 275 g/mol. The molecule has 6 heteroatoms. The fraction of sp³-hybridized carbons (Fsp3) is 0.357. The summed E-state index contributed by atoms with van der Waals surface area (Å²) < 4.78 is 0. The van der Waals surface area contributed by atoms with Gasteiger partial charge in [0.2, 0.25) is 5.91 Å². The van der Waals surface area contributed by atoms with E-state index in [2.05, 4.69) is 22.1 Å². The minimum atomic E-state index is -0.389. The van der Waals surface area contributed by atoms with Crippen LogP contribution in [0.2, 0.25) is 0 Å². The molecular formula is C14H17N3O3. The fourth-order valence-corrected chi connectivity index (χ4v) is 1.41. The lowest BCUT2D eigenvalue weighted by Gasteiger charge is -2.10. The maximum atomic E-state index is 12.0. The summed E-state index contributed by atoms with van der Waals surface area (Å²) in [7, 11) is 3.32. The first-order valence-corrected chi connectivity index (χ1v) is 6.09. The highest BCUT2D eigenvalue weighted by atomic mass is 16.2. The first-order valence-electron chi connectivity index (χ1n) is 6.09. The summed E-state index contributed by atoms with van der Waals surface area (Å²) >= 11 is 0. The molecule has 1 heterocycles. The van der Waals surface area contributed by atoms with Gasteiger partial charge in [-0.2, -0.15) is 0 Å². The first kappa shape index (κ1) is 15.7. The lowest BCUT2D eigenvalue weighted by atomic mass is 10.2. The Kier molecular flexibility index (Phi) is 6.20. The number of carbonyl (C=O) groups excluding carboxylic acids is 2. The van der Waals surface area contributed by atoms with Crippen LogP contribution in [0.5, 0.6) is 0 Å². The Morgan fingerprint density at radius 3 is 2.85 bits per heavy atom. The van der Waals surface area contributed by atoms with Gasteiger partial charge in [-0.1, -0.05) is 11.8 Å². The summed E-state index contributed by atoms with van der Waals surface area (Å²) in [5.41, 5.74) is 0.628. The van der Waals surface area contributed by atoms with Gasteiger partial charge in [-0.25, -0.2) is 4.98 Å². The SMILES string of the molecule is CN(C)C(=O)CCNC(=O)c1ncccc1C#CCO. The van der Waals surface area contributed by atoms with Crippen LogP contribution in [0.3, 0.4) is 0 Å². The first-order chi connectivity index (χ1) is 9.56. The molecule has 106 valence electrons. The molecule has 2 N–H and O–H groups in total. The van der Waals surface area contributed by atoms with Gasteiger partial charge in [-0.3, -0.25) is 9.59 Å². The van der Waals surface area contributed by atoms with Crippen molar-refractivity contribution >= 4 is 11.8 Å². The summed E-state index contributed by atoms with van der Waals surface area (Å²) in [6.45, 7) is -0.0490. The molecule has 0 radical (unpaired) electrons. The van der Waals surface area contributed by atoms with E-state index < -0.39 is 0 Å². The second kappa shape index (κ2) is 7.92. The van der Waals surface area contributed by atoms with Crippen molar-refractivity contribution in [2.75, 3.05) is 27.2 Å². The largest absolute Gasteiger partial charge is 0.384 e. The zero-order valence-electron chi connectivity index (χ0n) is 11.5. The van der Waals surface area contributed by atoms with Gasteiger partial charge in [0.15, 0.2) is 0 Å².